The van der Waals surface area contributed by atoms with Gasteiger partial charge < -0.3 is 10.1 Å². The van der Waals surface area contributed by atoms with E-state index in [0.717, 1.165) is 42.9 Å². The zero-order chi connectivity index (χ0) is 15.7. The third kappa shape index (κ3) is 3.06. The van der Waals surface area contributed by atoms with Crippen LogP contribution in [0.1, 0.15) is 44.4 Å². The SMILES string of the molecule is Cc1nc2ncnn2c(NC2CCOC(CC(C)C)C2)c1C. The van der Waals surface area contributed by atoms with Gasteiger partial charge in [0.25, 0.3) is 5.78 Å². The summed E-state index contributed by atoms with van der Waals surface area (Å²) in [4.78, 5) is 8.67. The lowest BCUT2D eigenvalue weighted by Gasteiger charge is -2.32. The maximum atomic E-state index is 5.90. The molecule has 22 heavy (non-hydrogen) atoms. The Morgan fingerprint density at radius 3 is 3.00 bits per heavy atom. The molecule has 6 nitrogen and oxygen atoms in total. The lowest BCUT2D eigenvalue weighted by molar-refractivity contribution is -0.000613. The average molecular weight is 303 g/mol. The predicted molar refractivity (Wildman–Crippen MR) is 86.1 cm³/mol. The molecular weight excluding hydrogens is 278 g/mol. The van der Waals surface area contributed by atoms with Crippen molar-refractivity contribution in [2.45, 2.75) is 59.1 Å². The van der Waals surface area contributed by atoms with Crippen molar-refractivity contribution in [1.82, 2.24) is 19.6 Å². The summed E-state index contributed by atoms with van der Waals surface area (Å²) in [5.41, 5.74) is 2.12. The van der Waals surface area contributed by atoms with Crippen LogP contribution in [0.5, 0.6) is 0 Å². The van der Waals surface area contributed by atoms with Gasteiger partial charge in [-0.05, 0) is 39.0 Å². The molecule has 3 rings (SSSR count). The molecule has 6 heteroatoms. The van der Waals surface area contributed by atoms with E-state index in [1.54, 1.807) is 10.8 Å². The number of fused-ring (bicyclic) bond motifs is 1. The average Bonchev–Trinajstić information content (AvgIpc) is 2.91. The Balaban J connectivity index is 1.80. The Hall–Kier alpha value is -1.69. The maximum Gasteiger partial charge on any atom is 0.254 e. The van der Waals surface area contributed by atoms with Gasteiger partial charge in [0, 0.05) is 23.9 Å². The first kappa shape index (κ1) is 15.2. The molecule has 1 fully saturated rings. The molecule has 1 aliphatic heterocycles. The molecule has 2 aromatic rings. The number of aromatic nitrogens is 4. The molecule has 1 aliphatic rings. The standard InChI is InChI=1S/C16H25N5O/c1-10(2)7-14-8-13(5-6-22-14)20-15-11(3)12(4)19-16-17-9-18-21(15)16/h9-10,13-14,20H,5-8H2,1-4H3. The van der Waals surface area contributed by atoms with Crippen molar-refractivity contribution < 1.29 is 4.74 Å². The molecule has 3 heterocycles. The molecule has 0 amide bonds. The van der Waals surface area contributed by atoms with Crippen LogP contribution < -0.4 is 5.32 Å². The quantitative estimate of drug-likeness (QED) is 0.941. The smallest absolute Gasteiger partial charge is 0.254 e. The summed E-state index contributed by atoms with van der Waals surface area (Å²) < 4.78 is 7.70. The molecule has 120 valence electrons. The first-order valence-electron chi connectivity index (χ1n) is 8.09. The van der Waals surface area contributed by atoms with Crippen molar-refractivity contribution >= 4 is 11.6 Å². The van der Waals surface area contributed by atoms with Gasteiger partial charge in [-0.25, -0.2) is 4.98 Å². The molecule has 1 saturated heterocycles. The summed E-state index contributed by atoms with van der Waals surface area (Å²) in [5.74, 6) is 2.32. The van der Waals surface area contributed by atoms with Crippen molar-refractivity contribution in [2.75, 3.05) is 11.9 Å². The van der Waals surface area contributed by atoms with E-state index in [4.69, 9.17) is 4.74 Å². The van der Waals surface area contributed by atoms with E-state index < -0.39 is 0 Å². The van der Waals surface area contributed by atoms with Crippen molar-refractivity contribution in [3.8, 4) is 0 Å². The van der Waals surface area contributed by atoms with Crippen LogP contribution in [-0.2, 0) is 4.74 Å². The van der Waals surface area contributed by atoms with Crippen LogP contribution in [-0.4, -0.2) is 38.3 Å². The van der Waals surface area contributed by atoms with E-state index in [2.05, 4.69) is 41.2 Å². The molecule has 0 saturated carbocycles. The number of nitrogens with one attached hydrogen (secondary N) is 1. The summed E-state index contributed by atoms with van der Waals surface area (Å²) >= 11 is 0. The summed E-state index contributed by atoms with van der Waals surface area (Å²) in [6.45, 7) is 9.40. The van der Waals surface area contributed by atoms with Gasteiger partial charge in [-0.1, -0.05) is 13.8 Å². The molecule has 1 N–H and O–H groups in total. The summed E-state index contributed by atoms with van der Waals surface area (Å²) in [6, 6.07) is 0.408. The van der Waals surface area contributed by atoms with Crippen LogP contribution in [0.4, 0.5) is 5.82 Å². The molecule has 2 atom stereocenters. The van der Waals surface area contributed by atoms with Gasteiger partial charge in [-0.3, -0.25) is 0 Å². The number of nitrogens with zero attached hydrogens (tertiary/aromatic N) is 4. The molecule has 0 aromatic carbocycles. The van der Waals surface area contributed by atoms with Crippen LogP contribution >= 0.6 is 0 Å². The summed E-state index contributed by atoms with van der Waals surface area (Å²) in [6.07, 6.45) is 5.07. The zero-order valence-corrected chi connectivity index (χ0v) is 13.8. The van der Waals surface area contributed by atoms with Gasteiger partial charge in [-0.15, -0.1) is 0 Å². The second kappa shape index (κ2) is 6.20. The fraction of sp³-hybridized carbons (Fsp3) is 0.688. The number of rotatable bonds is 4. The number of hydrogen-bond donors (Lipinski definition) is 1. The Morgan fingerprint density at radius 2 is 2.23 bits per heavy atom. The highest BCUT2D eigenvalue weighted by atomic mass is 16.5. The van der Waals surface area contributed by atoms with Crippen LogP contribution in [0.15, 0.2) is 6.33 Å². The van der Waals surface area contributed by atoms with Gasteiger partial charge >= 0.3 is 0 Å². The minimum Gasteiger partial charge on any atom is -0.378 e. The van der Waals surface area contributed by atoms with Crippen molar-refractivity contribution in [3.05, 3.63) is 17.6 Å². The monoisotopic (exact) mass is 303 g/mol. The highest BCUT2D eigenvalue weighted by molar-refractivity contribution is 5.52. The second-order valence-corrected chi connectivity index (χ2v) is 6.63. The molecule has 2 unspecified atom stereocenters. The van der Waals surface area contributed by atoms with Crippen LogP contribution in [0.3, 0.4) is 0 Å². The van der Waals surface area contributed by atoms with E-state index in [9.17, 15) is 0 Å². The lowest BCUT2D eigenvalue weighted by atomic mass is 9.96. The number of anilines is 1. The highest BCUT2D eigenvalue weighted by Crippen LogP contribution is 2.25. The van der Waals surface area contributed by atoms with E-state index in [1.807, 2.05) is 6.92 Å². The van der Waals surface area contributed by atoms with Gasteiger partial charge in [0.05, 0.1) is 6.10 Å². The van der Waals surface area contributed by atoms with Gasteiger partial charge in [0.2, 0.25) is 0 Å². The number of aryl methyl sites for hydroxylation is 1. The number of hydrogen-bond acceptors (Lipinski definition) is 5. The Kier molecular flexibility index (Phi) is 4.29. The van der Waals surface area contributed by atoms with Crippen LogP contribution in [0.2, 0.25) is 0 Å². The van der Waals surface area contributed by atoms with Crippen molar-refractivity contribution in [3.63, 3.8) is 0 Å². The molecule has 0 aliphatic carbocycles. The van der Waals surface area contributed by atoms with E-state index in [-0.39, 0.29) is 0 Å². The fourth-order valence-electron chi connectivity index (χ4n) is 3.10. The topological polar surface area (TPSA) is 64.3 Å². The third-order valence-corrected chi connectivity index (χ3v) is 4.35. The lowest BCUT2D eigenvalue weighted by Crippen LogP contribution is -2.35. The predicted octanol–water partition coefficient (Wildman–Crippen LogP) is 2.75. The zero-order valence-electron chi connectivity index (χ0n) is 13.8. The molecular formula is C16H25N5O. The fourth-order valence-corrected chi connectivity index (χ4v) is 3.10. The Bertz CT molecular complexity index is 651. The summed E-state index contributed by atoms with van der Waals surface area (Å²) in [5, 5.41) is 7.97. The molecule has 2 aromatic heterocycles. The van der Waals surface area contributed by atoms with Gasteiger partial charge in [-0.2, -0.15) is 14.6 Å². The largest absolute Gasteiger partial charge is 0.378 e. The van der Waals surface area contributed by atoms with Crippen molar-refractivity contribution in [2.24, 2.45) is 5.92 Å². The minimum atomic E-state index is 0.348. The Morgan fingerprint density at radius 1 is 1.41 bits per heavy atom. The third-order valence-electron chi connectivity index (χ3n) is 4.35. The van der Waals surface area contributed by atoms with E-state index in [0.29, 0.717) is 23.8 Å². The second-order valence-electron chi connectivity index (χ2n) is 6.63. The first-order chi connectivity index (χ1) is 10.5. The van der Waals surface area contributed by atoms with Crippen LogP contribution in [0, 0.1) is 19.8 Å². The Labute approximate surface area is 131 Å². The van der Waals surface area contributed by atoms with E-state index in [1.165, 1.54) is 0 Å². The van der Waals surface area contributed by atoms with Crippen LogP contribution in [0.25, 0.3) is 5.78 Å². The first-order valence-corrected chi connectivity index (χ1v) is 8.09. The van der Waals surface area contributed by atoms with Gasteiger partial charge in [0.1, 0.15) is 12.1 Å². The normalized spacial score (nSPS) is 22.4. The number of ether oxygens (including phenoxy) is 1. The van der Waals surface area contributed by atoms with E-state index >= 15 is 0 Å². The molecule has 0 spiro atoms. The maximum absolute atomic E-state index is 5.90. The highest BCUT2D eigenvalue weighted by Gasteiger charge is 2.24. The molecule has 0 radical (unpaired) electrons. The van der Waals surface area contributed by atoms with Gasteiger partial charge in [0.15, 0.2) is 0 Å². The molecule has 0 bridgehead atoms. The summed E-state index contributed by atoms with van der Waals surface area (Å²) in [7, 11) is 0. The van der Waals surface area contributed by atoms with Crippen molar-refractivity contribution in [1.29, 1.82) is 0 Å². The minimum absolute atomic E-state index is 0.348.